The van der Waals surface area contributed by atoms with E-state index in [0.29, 0.717) is 35.4 Å². The molecule has 0 spiro atoms. The van der Waals surface area contributed by atoms with Crippen LogP contribution in [0.5, 0.6) is 5.75 Å². The van der Waals surface area contributed by atoms with Gasteiger partial charge in [0.2, 0.25) is 0 Å². The first-order valence-electron chi connectivity index (χ1n) is 5.60. The molecule has 0 aliphatic rings. The number of unbranched alkanes of at least 4 members (excludes halogenated alkanes) is 1. The Hall–Kier alpha value is -0.700. The van der Waals surface area contributed by atoms with E-state index < -0.39 is 0 Å². The molecule has 0 unspecified atom stereocenters. The Labute approximate surface area is 112 Å². The Kier molecular flexibility index (Phi) is 6.41. The first kappa shape index (κ1) is 14.4. The number of ether oxygens (including phenoxy) is 1. The SMILES string of the molecule is C=CCCCOc1c(Cl)cc(Cl)cc1CCN. The normalized spacial score (nSPS) is 10.3. The first-order valence-corrected chi connectivity index (χ1v) is 6.36. The van der Waals surface area contributed by atoms with E-state index in [1.54, 1.807) is 6.07 Å². The van der Waals surface area contributed by atoms with Gasteiger partial charge in [-0.1, -0.05) is 29.3 Å². The van der Waals surface area contributed by atoms with Crippen molar-refractivity contribution in [2.75, 3.05) is 13.2 Å². The van der Waals surface area contributed by atoms with E-state index >= 15 is 0 Å². The molecule has 0 amide bonds. The highest BCUT2D eigenvalue weighted by Gasteiger charge is 2.10. The maximum atomic E-state index is 6.11. The minimum Gasteiger partial charge on any atom is -0.492 e. The van der Waals surface area contributed by atoms with Gasteiger partial charge in [-0.05, 0) is 43.5 Å². The summed E-state index contributed by atoms with van der Waals surface area (Å²) in [6.07, 6.45) is 4.42. The minimum absolute atomic E-state index is 0.541. The highest BCUT2D eigenvalue weighted by Crippen LogP contribution is 2.32. The third-order valence-corrected chi connectivity index (χ3v) is 2.80. The smallest absolute Gasteiger partial charge is 0.141 e. The Morgan fingerprint density at radius 2 is 2.12 bits per heavy atom. The summed E-state index contributed by atoms with van der Waals surface area (Å²) < 4.78 is 5.68. The summed E-state index contributed by atoms with van der Waals surface area (Å²) in [5.41, 5.74) is 6.51. The molecule has 2 N–H and O–H groups in total. The van der Waals surface area contributed by atoms with Gasteiger partial charge in [0.1, 0.15) is 5.75 Å². The summed E-state index contributed by atoms with van der Waals surface area (Å²) in [6, 6.07) is 3.54. The molecule has 0 bridgehead atoms. The summed E-state index contributed by atoms with van der Waals surface area (Å²) >= 11 is 12.1. The zero-order valence-electron chi connectivity index (χ0n) is 9.72. The van der Waals surface area contributed by atoms with Crippen molar-refractivity contribution < 1.29 is 4.74 Å². The van der Waals surface area contributed by atoms with Crippen LogP contribution in [-0.4, -0.2) is 13.2 Å². The number of rotatable bonds is 7. The Balaban J connectivity index is 2.76. The predicted molar refractivity (Wildman–Crippen MR) is 74.1 cm³/mol. The van der Waals surface area contributed by atoms with Gasteiger partial charge < -0.3 is 10.5 Å². The largest absolute Gasteiger partial charge is 0.492 e. The van der Waals surface area contributed by atoms with Crippen molar-refractivity contribution in [2.24, 2.45) is 5.73 Å². The lowest BCUT2D eigenvalue weighted by Gasteiger charge is -2.13. The summed E-state index contributed by atoms with van der Waals surface area (Å²) in [5.74, 6) is 0.700. The molecule has 4 heteroatoms. The van der Waals surface area contributed by atoms with Crippen molar-refractivity contribution in [3.63, 3.8) is 0 Å². The van der Waals surface area contributed by atoms with Crippen molar-refractivity contribution in [2.45, 2.75) is 19.3 Å². The number of hydrogen-bond acceptors (Lipinski definition) is 2. The summed E-state index contributed by atoms with van der Waals surface area (Å²) in [7, 11) is 0. The number of allylic oxidation sites excluding steroid dienone is 1. The van der Waals surface area contributed by atoms with E-state index in [1.807, 2.05) is 12.1 Å². The molecule has 94 valence electrons. The zero-order valence-corrected chi connectivity index (χ0v) is 11.2. The fraction of sp³-hybridized carbons (Fsp3) is 0.385. The fourth-order valence-corrected chi connectivity index (χ4v) is 2.11. The molecule has 0 aliphatic carbocycles. The van der Waals surface area contributed by atoms with Crippen LogP contribution in [0, 0.1) is 0 Å². The maximum absolute atomic E-state index is 6.11. The Bertz CT molecular complexity index is 380. The van der Waals surface area contributed by atoms with Crippen LogP contribution in [0.15, 0.2) is 24.8 Å². The highest BCUT2D eigenvalue weighted by atomic mass is 35.5. The molecular formula is C13H17Cl2NO. The summed E-state index contributed by atoms with van der Waals surface area (Å²) in [5, 5.41) is 1.15. The van der Waals surface area contributed by atoms with E-state index in [4.69, 9.17) is 33.7 Å². The topological polar surface area (TPSA) is 35.2 Å². The van der Waals surface area contributed by atoms with Crippen molar-refractivity contribution in [1.29, 1.82) is 0 Å². The van der Waals surface area contributed by atoms with Gasteiger partial charge in [0.05, 0.1) is 11.6 Å². The fourth-order valence-electron chi connectivity index (χ4n) is 1.52. The average molecular weight is 274 g/mol. The first-order chi connectivity index (χ1) is 8.19. The van der Waals surface area contributed by atoms with E-state index in [0.717, 1.165) is 18.4 Å². The monoisotopic (exact) mass is 273 g/mol. The third kappa shape index (κ3) is 4.58. The van der Waals surface area contributed by atoms with Gasteiger partial charge in [-0.2, -0.15) is 0 Å². The Morgan fingerprint density at radius 3 is 2.76 bits per heavy atom. The quantitative estimate of drug-likeness (QED) is 0.605. The van der Waals surface area contributed by atoms with Crippen molar-refractivity contribution >= 4 is 23.2 Å². The molecule has 1 aromatic carbocycles. The van der Waals surface area contributed by atoms with Gasteiger partial charge in [-0.25, -0.2) is 0 Å². The molecule has 17 heavy (non-hydrogen) atoms. The molecule has 0 heterocycles. The van der Waals surface area contributed by atoms with Gasteiger partial charge >= 0.3 is 0 Å². The molecule has 0 atom stereocenters. The van der Waals surface area contributed by atoms with Crippen LogP contribution in [0.25, 0.3) is 0 Å². The van der Waals surface area contributed by atoms with Crippen LogP contribution in [0.3, 0.4) is 0 Å². The summed E-state index contributed by atoms with van der Waals surface area (Å²) in [4.78, 5) is 0. The average Bonchev–Trinajstić information content (AvgIpc) is 2.27. The second-order valence-electron chi connectivity index (χ2n) is 3.69. The van der Waals surface area contributed by atoms with Gasteiger partial charge in [-0.15, -0.1) is 6.58 Å². The van der Waals surface area contributed by atoms with Crippen molar-refractivity contribution in [3.05, 3.63) is 40.4 Å². The zero-order chi connectivity index (χ0) is 12.7. The molecule has 0 aromatic heterocycles. The molecular weight excluding hydrogens is 257 g/mol. The number of halogens is 2. The van der Waals surface area contributed by atoms with Gasteiger partial charge in [0.15, 0.2) is 0 Å². The standard InChI is InChI=1S/C13H17Cl2NO/c1-2-3-4-7-17-13-10(5-6-16)8-11(14)9-12(13)15/h2,8-9H,1,3-7,16H2. The molecule has 0 saturated heterocycles. The lowest BCUT2D eigenvalue weighted by Crippen LogP contribution is -2.06. The predicted octanol–water partition coefficient (Wildman–Crippen LogP) is 3.84. The van der Waals surface area contributed by atoms with Crippen LogP contribution in [0.2, 0.25) is 10.0 Å². The molecule has 0 aliphatic heterocycles. The van der Waals surface area contributed by atoms with Crippen LogP contribution in [0.1, 0.15) is 18.4 Å². The van der Waals surface area contributed by atoms with E-state index in [9.17, 15) is 0 Å². The van der Waals surface area contributed by atoms with Crippen LogP contribution >= 0.6 is 23.2 Å². The molecule has 0 saturated carbocycles. The summed E-state index contributed by atoms with van der Waals surface area (Å²) in [6.45, 7) is 4.82. The molecule has 0 fully saturated rings. The number of nitrogens with two attached hydrogens (primary N) is 1. The van der Waals surface area contributed by atoms with Gasteiger partial charge in [0.25, 0.3) is 0 Å². The Morgan fingerprint density at radius 1 is 1.35 bits per heavy atom. The van der Waals surface area contributed by atoms with Crippen LogP contribution in [-0.2, 0) is 6.42 Å². The molecule has 0 radical (unpaired) electrons. The van der Waals surface area contributed by atoms with Crippen LogP contribution < -0.4 is 10.5 Å². The maximum Gasteiger partial charge on any atom is 0.141 e. The minimum atomic E-state index is 0.541. The third-order valence-electron chi connectivity index (χ3n) is 2.30. The van der Waals surface area contributed by atoms with Crippen LogP contribution in [0.4, 0.5) is 0 Å². The highest BCUT2D eigenvalue weighted by molar-refractivity contribution is 6.35. The van der Waals surface area contributed by atoms with E-state index in [-0.39, 0.29) is 0 Å². The van der Waals surface area contributed by atoms with Gasteiger partial charge in [-0.3, -0.25) is 0 Å². The molecule has 1 aromatic rings. The number of benzene rings is 1. The van der Waals surface area contributed by atoms with E-state index in [2.05, 4.69) is 6.58 Å². The van der Waals surface area contributed by atoms with E-state index in [1.165, 1.54) is 0 Å². The lowest BCUT2D eigenvalue weighted by molar-refractivity contribution is 0.309. The lowest BCUT2D eigenvalue weighted by atomic mass is 10.1. The van der Waals surface area contributed by atoms with Crippen molar-refractivity contribution in [1.82, 2.24) is 0 Å². The number of hydrogen-bond donors (Lipinski definition) is 1. The second-order valence-corrected chi connectivity index (χ2v) is 4.54. The van der Waals surface area contributed by atoms with Gasteiger partial charge in [0, 0.05) is 5.02 Å². The molecule has 2 nitrogen and oxygen atoms in total. The second kappa shape index (κ2) is 7.59. The molecule has 1 rings (SSSR count). The van der Waals surface area contributed by atoms with Crippen molar-refractivity contribution in [3.8, 4) is 5.75 Å².